The summed E-state index contributed by atoms with van der Waals surface area (Å²) in [7, 11) is 0. The van der Waals surface area contributed by atoms with E-state index in [1.165, 1.54) is 4.90 Å². The number of carbonyl (C=O) groups is 3. The molecule has 2 amide bonds. The molecule has 158 valence electrons. The van der Waals surface area contributed by atoms with Crippen molar-refractivity contribution in [2.45, 2.75) is 25.7 Å². The van der Waals surface area contributed by atoms with Gasteiger partial charge in [0.05, 0.1) is 6.54 Å². The van der Waals surface area contributed by atoms with Gasteiger partial charge in [0.25, 0.3) is 0 Å². The average molecular weight is 412 g/mol. The average Bonchev–Trinajstić information content (AvgIpc) is 2.98. The van der Waals surface area contributed by atoms with Gasteiger partial charge in [-0.1, -0.05) is 30.3 Å². The number of ether oxygens (including phenoxy) is 1. The van der Waals surface area contributed by atoms with E-state index in [-0.39, 0.29) is 24.5 Å². The number of fused-ring (bicyclic) bond motifs is 1. The van der Waals surface area contributed by atoms with Crippen molar-refractivity contribution >= 4 is 17.9 Å². The Balaban J connectivity index is 1.42. The molecule has 0 atom stereocenters. The van der Waals surface area contributed by atoms with Crippen molar-refractivity contribution in [3.63, 3.8) is 0 Å². The van der Waals surface area contributed by atoms with Gasteiger partial charge in [-0.3, -0.25) is 9.59 Å². The first-order chi connectivity index (χ1) is 14.5. The van der Waals surface area contributed by atoms with E-state index < -0.39 is 6.16 Å². The largest absolute Gasteiger partial charge is 0.492 e. The highest BCUT2D eigenvalue weighted by atomic mass is 19.1. The zero-order chi connectivity index (χ0) is 21.3. The van der Waals surface area contributed by atoms with Gasteiger partial charge in [0.2, 0.25) is 5.91 Å². The molecule has 1 heterocycles. The highest BCUT2D eigenvalue weighted by molar-refractivity contribution is 5.98. The summed E-state index contributed by atoms with van der Waals surface area (Å²) >= 11 is 0. The summed E-state index contributed by atoms with van der Waals surface area (Å²) in [5.74, 6) is 0.423. The molecule has 2 aromatic carbocycles. The lowest BCUT2D eigenvalue weighted by Gasteiger charge is -2.14. The normalized spacial score (nSPS) is 13.2. The second kappa shape index (κ2) is 10.5. The Labute approximate surface area is 175 Å². The predicted molar refractivity (Wildman–Crippen MR) is 110 cm³/mol. The number of Topliss-reactive ketones (excluding diaryl/α,β-unsaturated/α-hetero) is 1. The van der Waals surface area contributed by atoms with E-state index in [1.54, 1.807) is 12.1 Å². The van der Waals surface area contributed by atoms with E-state index in [9.17, 15) is 18.8 Å². The number of nitrogens with zero attached hydrogens (tertiary/aromatic N) is 1. The summed E-state index contributed by atoms with van der Waals surface area (Å²) in [6.07, 6.45) is -0.134. The van der Waals surface area contributed by atoms with E-state index in [0.29, 0.717) is 44.6 Å². The van der Waals surface area contributed by atoms with Crippen LogP contribution in [0.25, 0.3) is 0 Å². The highest BCUT2D eigenvalue weighted by Crippen LogP contribution is 2.19. The number of halogens is 1. The summed E-state index contributed by atoms with van der Waals surface area (Å²) in [6, 6.07) is 14.7. The van der Waals surface area contributed by atoms with Gasteiger partial charge in [0.1, 0.15) is 12.4 Å². The Bertz CT molecular complexity index is 901. The van der Waals surface area contributed by atoms with Crippen LogP contribution in [-0.4, -0.2) is 49.0 Å². The minimum Gasteiger partial charge on any atom is -0.492 e. The third-order valence-electron chi connectivity index (χ3n) is 5.09. The molecule has 2 aromatic rings. The summed E-state index contributed by atoms with van der Waals surface area (Å²) in [4.78, 5) is 36.6. The Morgan fingerprint density at radius 3 is 2.43 bits per heavy atom. The molecular formula is C23H25FN2O4. The van der Waals surface area contributed by atoms with Crippen LogP contribution in [-0.2, 0) is 17.6 Å². The van der Waals surface area contributed by atoms with E-state index >= 15 is 0 Å². The molecule has 3 rings (SSSR count). The van der Waals surface area contributed by atoms with Crippen LogP contribution in [0.4, 0.5) is 9.18 Å². The van der Waals surface area contributed by atoms with Crippen molar-refractivity contribution in [2.75, 3.05) is 26.2 Å². The molecule has 6 nitrogen and oxygen atoms in total. The zero-order valence-corrected chi connectivity index (χ0v) is 16.7. The molecule has 0 aliphatic carbocycles. The summed E-state index contributed by atoms with van der Waals surface area (Å²) in [6.45, 7) is 1.36. The smallest absolute Gasteiger partial charge is 0.400 e. The molecule has 7 heteroatoms. The number of carbonyl (C=O) groups excluding carboxylic acids is 3. The topological polar surface area (TPSA) is 75.7 Å². The maximum atomic E-state index is 13.0. The van der Waals surface area contributed by atoms with Crippen molar-refractivity contribution < 1.29 is 23.5 Å². The van der Waals surface area contributed by atoms with E-state index in [2.05, 4.69) is 5.32 Å². The van der Waals surface area contributed by atoms with Crippen LogP contribution >= 0.6 is 0 Å². The molecule has 0 fully saturated rings. The van der Waals surface area contributed by atoms with Gasteiger partial charge in [-0.25, -0.2) is 4.79 Å². The number of ketones is 1. The number of amides is 2. The number of rotatable bonds is 8. The third-order valence-corrected chi connectivity index (χ3v) is 5.09. The Morgan fingerprint density at radius 2 is 1.70 bits per heavy atom. The molecule has 0 saturated carbocycles. The second-order valence-corrected chi connectivity index (χ2v) is 7.16. The lowest BCUT2D eigenvalue weighted by atomic mass is 9.97. The van der Waals surface area contributed by atoms with Crippen LogP contribution in [0, 0.1) is 0 Å². The van der Waals surface area contributed by atoms with Gasteiger partial charge >= 0.3 is 6.16 Å². The fourth-order valence-corrected chi connectivity index (χ4v) is 3.41. The fraction of sp³-hybridized carbons (Fsp3) is 0.348. The number of hydrogen-bond donors (Lipinski definition) is 1. The molecule has 0 bridgehead atoms. The van der Waals surface area contributed by atoms with Crippen molar-refractivity contribution in [1.29, 1.82) is 0 Å². The van der Waals surface area contributed by atoms with E-state index in [0.717, 1.165) is 16.9 Å². The molecule has 0 unspecified atom stereocenters. The summed E-state index contributed by atoms with van der Waals surface area (Å²) < 4.78 is 18.5. The standard InChI is InChI=1S/C23H25FN2O4/c24-23(29)26-13-10-17-6-7-19(16-18(17)11-14-26)21(27)8-9-22(28)25-12-15-30-20-4-2-1-3-5-20/h1-7,16H,8-15H2,(H,25,28). The van der Waals surface area contributed by atoms with Gasteiger partial charge < -0.3 is 15.0 Å². The first-order valence-electron chi connectivity index (χ1n) is 10.1. The van der Waals surface area contributed by atoms with Gasteiger partial charge in [-0.05, 0) is 42.2 Å². The maximum Gasteiger partial charge on any atom is 0.400 e. The van der Waals surface area contributed by atoms with Crippen LogP contribution in [0.3, 0.4) is 0 Å². The molecule has 1 aliphatic rings. The van der Waals surface area contributed by atoms with Crippen LogP contribution in [0.5, 0.6) is 5.75 Å². The molecule has 1 N–H and O–H groups in total. The molecule has 0 aromatic heterocycles. The lowest BCUT2D eigenvalue weighted by Crippen LogP contribution is -2.29. The molecule has 0 spiro atoms. The second-order valence-electron chi connectivity index (χ2n) is 7.16. The van der Waals surface area contributed by atoms with Gasteiger partial charge in [-0.15, -0.1) is 4.39 Å². The highest BCUT2D eigenvalue weighted by Gasteiger charge is 2.19. The van der Waals surface area contributed by atoms with Crippen molar-refractivity contribution in [3.05, 3.63) is 65.2 Å². The molecule has 30 heavy (non-hydrogen) atoms. The van der Waals surface area contributed by atoms with Crippen LogP contribution in [0.1, 0.15) is 34.3 Å². The van der Waals surface area contributed by atoms with Gasteiger partial charge in [-0.2, -0.15) is 0 Å². The Hall–Kier alpha value is -3.22. The van der Waals surface area contributed by atoms with Gasteiger partial charge in [0.15, 0.2) is 5.78 Å². The SMILES string of the molecule is O=C(CCC(=O)c1ccc2c(c1)CCN(C(=O)F)CC2)NCCOc1ccccc1. The fourth-order valence-electron chi connectivity index (χ4n) is 3.41. The number of para-hydroxylation sites is 1. The number of nitrogens with one attached hydrogen (secondary N) is 1. The molecule has 1 aliphatic heterocycles. The van der Waals surface area contributed by atoms with Gasteiger partial charge in [0, 0.05) is 31.5 Å². The minimum absolute atomic E-state index is 0.103. The van der Waals surface area contributed by atoms with Crippen LogP contribution in [0.15, 0.2) is 48.5 Å². The zero-order valence-electron chi connectivity index (χ0n) is 16.7. The quantitative estimate of drug-likeness (QED) is 0.312. The first kappa shape index (κ1) is 21.5. The number of hydrogen-bond acceptors (Lipinski definition) is 4. The van der Waals surface area contributed by atoms with Crippen molar-refractivity contribution in [1.82, 2.24) is 10.2 Å². The van der Waals surface area contributed by atoms with Crippen molar-refractivity contribution in [2.24, 2.45) is 0 Å². The van der Waals surface area contributed by atoms with Crippen LogP contribution < -0.4 is 10.1 Å². The summed E-state index contributed by atoms with van der Waals surface area (Å²) in [5, 5.41) is 2.74. The molecule has 0 radical (unpaired) electrons. The maximum absolute atomic E-state index is 13.0. The Kier molecular flexibility index (Phi) is 7.54. The number of benzene rings is 2. The summed E-state index contributed by atoms with van der Waals surface area (Å²) in [5.41, 5.74) is 2.51. The third kappa shape index (κ3) is 6.14. The van der Waals surface area contributed by atoms with Crippen molar-refractivity contribution in [3.8, 4) is 5.75 Å². The van der Waals surface area contributed by atoms with Crippen LogP contribution in [0.2, 0.25) is 0 Å². The van der Waals surface area contributed by atoms with E-state index in [1.807, 2.05) is 36.4 Å². The predicted octanol–water partition coefficient (Wildman–Crippen LogP) is 3.33. The monoisotopic (exact) mass is 412 g/mol. The first-order valence-corrected chi connectivity index (χ1v) is 10.1. The Morgan fingerprint density at radius 1 is 0.967 bits per heavy atom. The molecule has 0 saturated heterocycles. The molecular weight excluding hydrogens is 387 g/mol. The van der Waals surface area contributed by atoms with E-state index in [4.69, 9.17) is 4.74 Å². The lowest BCUT2D eigenvalue weighted by molar-refractivity contribution is -0.121. The minimum atomic E-state index is -1.42.